The van der Waals surface area contributed by atoms with E-state index in [1.165, 1.54) is 160 Å². The largest absolute Gasteiger partial charge is 0.493 e. The number of nitrogens with zero attached hydrogens (tertiary/aromatic N) is 2. The summed E-state index contributed by atoms with van der Waals surface area (Å²) in [6, 6.07) is 10.1. The van der Waals surface area contributed by atoms with Crippen molar-refractivity contribution >= 4 is 11.4 Å². The molecule has 2 aromatic carbocycles. The first-order chi connectivity index (χ1) is 30.3. The van der Waals surface area contributed by atoms with Crippen molar-refractivity contribution in [3.8, 4) is 0 Å². The SMILES string of the molecule is CCCCCCC1=C(c2cc(CCCC)c(CCCC)c(CCCC)c2)[N+](=[N-])C(c2cc(CCCC)c(CCCC)c(CCCC)c2)=C1CCCC.CCCCO.CCCCO.[Ni]. The number of hydrogen-bond donors (Lipinski definition) is 2. The number of benzene rings is 2. The van der Waals surface area contributed by atoms with Crippen LogP contribution in [0.3, 0.4) is 0 Å². The van der Waals surface area contributed by atoms with Gasteiger partial charge in [-0.2, -0.15) is 0 Å². The summed E-state index contributed by atoms with van der Waals surface area (Å²) in [5.41, 5.74) is 29.7. The van der Waals surface area contributed by atoms with Gasteiger partial charge in [0.1, 0.15) is 0 Å². The van der Waals surface area contributed by atoms with Crippen LogP contribution < -0.4 is 0 Å². The van der Waals surface area contributed by atoms with Crippen LogP contribution in [0.5, 0.6) is 0 Å². The molecule has 2 aromatic rings. The van der Waals surface area contributed by atoms with E-state index in [1.807, 2.05) is 0 Å². The Morgan fingerprint density at radius 2 is 0.619 bits per heavy atom. The van der Waals surface area contributed by atoms with Crippen molar-refractivity contribution in [1.82, 2.24) is 0 Å². The molecule has 0 saturated carbocycles. The van der Waals surface area contributed by atoms with Gasteiger partial charge in [0.15, 0.2) is 0 Å². The van der Waals surface area contributed by atoms with Gasteiger partial charge in [-0.1, -0.05) is 146 Å². The van der Waals surface area contributed by atoms with Gasteiger partial charge in [-0.3, -0.25) is 0 Å². The van der Waals surface area contributed by atoms with E-state index in [4.69, 9.17) is 10.2 Å². The zero-order valence-corrected chi connectivity index (χ0v) is 44.0. The van der Waals surface area contributed by atoms with Crippen molar-refractivity contribution < 1.29 is 31.4 Å². The van der Waals surface area contributed by atoms with Crippen LogP contribution in [0.4, 0.5) is 0 Å². The molecule has 2 N–H and O–H groups in total. The minimum absolute atomic E-state index is 0. The summed E-state index contributed by atoms with van der Waals surface area (Å²) in [6.45, 7) is 23.4. The summed E-state index contributed by atoms with van der Waals surface area (Å²) >= 11 is 0. The van der Waals surface area contributed by atoms with E-state index >= 15 is 0 Å². The molecule has 3 rings (SSSR count). The van der Waals surface area contributed by atoms with E-state index in [0.29, 0.717) is 13.2 Å². The van der Waals surface area contributed by atoms with Gasteiger partial charge in [-0.05, 0) is 173 Å². The van der Waals surface area contributed by atoms with Gasteiger partial charge in [-0.25, -0.2) is 4.70 Å². The summed E-state index contributed by atoms with van der Waals surface area (Å²) < 4.78 is 1.71. The molecule has 0 amide bonds. The van der Waals surface area contributed by atoms with Crippen LogP contribution in [-0.2, 0) is 55.0 Å². The summed E-state index contributed by atoms with van der Waals surface area (Å²) in [7, 11) is 0. The smallest absolute Gasteiger partial charge is 0.211 e. The Labute approximate surface area is 401 Å². The zero-order chi connectivity index (χ0) is 46.0. The van der Waals surface area contributed by atoms with Gasteiger partial charge in [0, 0.05) is 52.0 Å². The molecule has 63 heavy (non-hydrogen) atoms. The van der Waals surface area contributed by atoms with Crippen molar-refractivity contribution in [2.24, 2.45) is 0 Å². The van der Waals surface area contributed by atoms with Crippen molar-refractivity contribution in [2.75, 3.05) is 13.2 Å². The summed E-state index contributed by atoms with van der Waals surface area (Å²) in [4.78, 5) is 0. The van der Waals surface area contributed by atoms with Crippen LogP contribution in [0, 0.1) is 0 Å². The molecule has 1 aliphatic rings. The average molecular weight is 916 g/mol. The second-order valence-electron chi connectivity index (χ2n) is 18.2. The van der Waals surface area contributed by atoms with Gasteiger partial charge >= 0.3 is 0 Å². The number of aryl methyl sites for hydroxylation is 4. The van der Waals surface area contributed by atoms with Crippen LogP contribution >= 0.6 is 0 Å². The number of hydrogen-bond acceptors (Lipinski definition) is 2. The number of aliphatic hydroxyl groups is 2. The second kappa shape index (κ2) is 39.1. The van der Waals surface area contributed by atoms with Crippen LogP contribution in [-0.4, -0.2) is 28.1 Å². The molecular formula is C58H100N2NiO2. The molecule has 0 spiro atoms. The predicted molar refractivity (Wildman–Crippen MR) is 274 cm³/mol. The molecule has 0 aliphatic carbocycles. The third kappa shape index (κ3) is 21.9. The number of allylic oxidation sites excluding steroid dienone is 2. The topological polar surface area (TPSA) is 65.8 Å². The summed E-state index contributed by atoms with van der Waals surface area (Å²) in [5.74, 6) is 0. The van der Waals surface area contributed by atoms with Crippen LogP contribution in [0.15, 0.2) is 35.4 Å². The third-order valence-electron chi connectivity index (χ3n) is 12.6. The Hall–Kier alpha value is -2.07. The van der Waals surface area contributed by atoms with E-state index in [9.17, 15) is 5.53 Å². The molecule has 0 unspecified atom stereocenters. The molecule has 0 radical (unpaired) electrons. The van der Waals surface area contributed by atoms with E-state index in [1.54, 1.807) is 15.8 Å². The maximum absolute atomic E-state index is 12.8. The molecule has 0 bridgehead atoms. The monoisotopic (exact) mass is 915 g/mol. The maximum atomic E-state index is 12.8. The quantitative estimate of drug-likeness (QED) is 0.0436. The van der Waals surface area contributed by atoms with Crippen molar-refractivity contribution in [3.63, 3.8) is 0 Å². The molecule has 1 aliphatic heterocycles. The first-order valence-corrected chi connectivity index (χ1v) is 26.7. The van der Waals surface area contributed by atoms with Crippen LogP contribution in [0.25, 0.3) is 16.9 Å². The molecule has 1 heterocycles. The number of aliphatic hydroxyl groups excluding tert-OH is 2. The van der Waals surface area contributed by atoms with Crippen molar-refractivity contribution in [2.45, 2.75) is 262 Å². The fourth-order valence-corrected chi connectivity index (χ4v) is 8.76. The van der Waals surface area contributed by atoms with Gasteiger partial charge in [0.25, 0.3) is 0 Å². The van der Waals surface area contributed by atoms with Gasteiger partial charge in [-0.15, -0.1) is 0 Å². The molecular weight excluding hydrogens is 815 g/mol. The fourth-order valence-electron chi connectivity index (χ4n) is 8.76. The van der Waals surface area contributed by atoms with E-state index in [2.05, 4.69) is 93.5 Å². The Kier molecular flexibility index (Phi) is 37.8. The Morgan fingerprint density at radius 1 is 0.349 bits per heavy atom. The van der Waals surface area contributed by atoms with E-state index in [-0.39, 0.29) is 16.5 Å². The molecule has 0 aromatic heterocycles. The predicted octanol–water partition coefficient (Wildman–Crippen LogP) is 17.6. The minimum atomic E-state index is 0. The van der Waals surface area contributed by atoms with Crippen LogP contribution in [0.2, 0.25) is 0 Å². The molecule has 0 fully saturated rings. The molecule has 5 heteroatoms. The first kappa shape index (κ1) is 60.9. The van der Waals surface area contributed by atoms with Crippen LogP contribution in [0.1, 0.15) is 268 Å². The Morgan fingerprint density at radius 3 is 0.889 bits per heavy atom. The second-order valence-corrected chi connectivity index (χ2v) is 18.2. The maximum Gasteiger partial charge on any atom is 0.211 e. The standard InChI is InChI=1S/C50H80N2.2C4H10O.Ni/c1-9-17-25-26-34-48-47(33-24-16-8)49(43-35-39(27-18-10-2)45(31-22-14-6)40(36-43)28-19-11-3)52(51)50(48)44-37-41(29-20-12-4)46(32-23-15-7)42(38-44)30-21-13-5;2*1-2-3-4-5;/h35-38H,9-34H2,1-8H3;2*5H,2-4H2,1H3;. The van der Waals surface area contributed by atoms with Crippen molar-refractivity contribution in [3.05, 3.63) is 85.5 Å². The fraction of sp³-hybridized carbons (Fsp3) is 0.724. The molecule has 0 saturated heterocycles. The van der Waals surface area contributed by atoms with Gasteiger partial charge in [0.2, 0.25) is 11.4 Å². The Bertz CT molecular complexity index is 1490. The molecule has 4 nitrogen and oxygen atoms in total. The molecule has 364 valence electrons. The summed E-state index contributed by atoms with van der Waals surface area (Å²) in [5, 5.41) is 16.1. The first-order valence-electron chi connectivity index (χ1n) is 26.7. The van der Waals surface area contributed by atoms with Crippen molar-refractivity contribution in [1.29, 1.82) is 0 Å². The Balaban J connectivity index is 0.00000313. The normalized spacial score (nSPS) is 12.3. The van der Waals surface area contributed by atoms with Gasteiger partial charge in [0.05, 0.1) is 0 Å². The minimum Gasteiger partial charge on any atom is -0.493 e. The third-order valence-corrected chi connectivity index (χ3v) is 12.6. The van der Waals surface area contributed by atoms with E-state index in [0.717, 1.165) is 88.4 Å². The number of unbranched alkanes of at least 4 members (excludes halogenated alkanes) is 12. The average Bonchev–Trinajstić information content (AvgIpc) is 3.56. The summed E-state index contributed by atoms with van der Waals surface area (Å²) in [6.07, 6.45) is 35.0. The zero-order valence-electron chi connectivity index (χ0n) is 43.0. The van der Waals surface area contributed by atoms with E-state index < -0.39 is 0 Å². The van der Waals surface area contributed by atoms with Gasteiger partial charge < -0.3 is 15.7 Å². The number of rotatable bonds is 32. The molecule has 0 atom stereocenters.